The van der Waals surface area contributed by atoms with E-state index in [0.29, 0.717) is 18.7 Å². The first kappa shape index (κ1) is 22.1. The fraction of sp³-hybridized carbons (Fsp3) is 0.346. The molecule has 10 nitrogen and oxygen atoms in total. The second-order valence-corrected chi connectivity index (χ2v) is 9.85. The molecule has 2 aliphatic heterocycles. The number of amides is 1. The van der Waals surface area contributed by atoms with Gasteiger partial charge in [0.05, 0.1) is 23.5 Å². The zero-order valence-corrected chi connectivity index (χ0v) is 20.0. The molecule has 1 N–H and O–H groups in total. The number of nitriles is 1. The maximum Gasteiger partial charge on any atom is 0.407 e. The molecule has 0 saturated carbocycles. The van der Waals surface area contributed by atoms with Gasteiger partial charge in [0, 0.05) is 74.1 Å². The van der Waals surface area contributed by atoms with Gasteiger partial charge in [-0.05, 0) is 42.9 Å². The minimum Gasteiger partial charge on any atom is -0.465 e. The predicted molar refractivity (Wildman–Crippen MR) is 133 cm³/mol. The van der Waals surface area contributed by atoms with E-state index < -0.39 is 6.09 Å². The highest BCUT2D eigenvalue weighted by molar-refractivity contribution is 5.87. The Balaban J connectivity index is 1.28. The topological polar surface area (TPSA) is 116 Å². The van der Waals surface area contributed by atoms with Gasteiger partial charge in [-0.2, -0.15) is 15.5 Å². The van der Waals surface area contributed by atoms with Gasteiger partial charge in [-0.3, -0.25) is 4.68 Å². The fourth-order valence-electron chi connectivity index (χ4n) is 5.60. The van der Waals surface area contributed by atoms with E-state index in [-0.39, 0.29) is 5.41 Å². The molecule has 1 amide bonds. The van der Waals surface area contributed by atoms with E-state index in [0.717, 1.165) is 65.9 Å². The molecule has 0 unspecified atom stereocenters. The number of aryl methyl sites for hydroxylation is 1. The summed E-state index contributed by atoms with van der Waals surface area (Å²) in [4.78, 5) is 20.0. The van der Waals surface area contributed by atoms with Crippen molar-refractivity contribution in [1.82, 2.24) is 29.3 Å². The largest absolute Gasteiger partial charge is 0.465 e. The SMILES string of the molecule is Cn1cc(-c2cc(-c3ccc(N4CCC5(CCN(C(=O)O)C5)CC4)nc3)c3c(C#N)cnn3c2)cn1. The zero-order chi connectivity index (χ0) is 24.9. The summed E-state index contributed by atoms with van der Waals surface area (Å²) in [6.07, 6.45) is 11.2. The van der Waals surface area contributed by atoms with Crippen LogP contribution in [0, 0.1) is 16.7 Å². The highest BCUT2D eigenvalue weighted by Gasteiger charge is 2.42. The number of anilines is 1. The molecule has 4 aromatic rings. The number of hydrogen-bond donors (Lipinski definition) is 1. The van der Waals surface area contributed by atoms with Crippen LogP contribution in [0.2, 0.25) is 0 Å². The van der Waals surface area contributed by atoms with E-state index >= 15 is 0 Å². The average Bonchev–Trinajstić information content (AvgIpc) is 3.63. The normalized spacial score (nSPS) is 17.1. The molecule has 6 heterocycles. The van der Waals surface area contributed by atoms with Crippen molar-refractivity contribution in [3.63, 3.8) is 0 Å². The van der Waals surface area contributed by atoms with Crippen LogP contribution >= 0.6 is 0 Å². The van der Waals surface area contributed by atoms with Gasteiger partial charge in [0.1, 0.15) is 11.9 Å². The maximum atomic E-state index is 11.3. The number of piperidine rings is 1. The van der Waals surface area contributed by atoms with Gasteiger partial charge in [-0.15, -0.1) is 0 Å². The Morgan fingerprint density at radius 2 is 1.83 bits per heavy atom. The van der Waals surface area contributed by atoms with Crippen molar-refractivity contribution in [3.8, 4) is 28.3 Å². The Morgan fingerprint density at radius 3 is 2.47 bits per heavy atom. The third-order valence-electron chi connectivity index (χ3n) is 7.69. The number of carbonyl (C=O) groups is 1. The first-order chi connectivity index (χ1) is 17.4. The Bertz CT molecular complexity index is 1490. The average molecular weight is 483 g/mol. The van der Waals surface area contributed by atoms with Crippen LogP contribution in [0.1, 0.15) is 24.8 Å². The number of likely N-dealkylation sites (tertiary alicyclic amines) is 1. The quantitative estimate of drug-likeness (QED) is 0.474. The van der Waals surface area contributed by atoms with Crippen LogP contribution in [-0.4, -0.2) is 66.7 Å². The molecular formula is C26H26N8O2. The highest BCUT2D eigenvalue weighted by Crippen LogP contribution is 2.41. The van der Waals surface area contributed by atoms with Crippen LogP contribution in [0.25, 0.3) is 27.8 Å². The molecule has 0 radical (unpaired) electrons. The van der Waals surface area contributed by atoms with Crippen molar-refractivity contribution < 1.29 is 9.90 Å². The van der Waals surface area contributed by atoms with Crippen molar-refractivity contribution >= 4 is 17.4 Å². The summed E-state index contributed by atoms with van der Waals surface area (Å²) in [5, 5.41) is 27.7. The van der Waals surface area contributed by atoms with Crippen molar-refractivity contribution in [2.45, 2.75) is 19.3 Å². The molecule has 2 saturated heterocycles. The van der Waals surface area contributed by atoms with Crippen LogP contribution in [0.15, 0.2) is 49.2 Å². The van der Waals surface area contributed by atoms with Crippen molar-refractivity contribution in [2.24, 2.45) is 12.5 Å². The lowest BCUT2D eigenvalue weighted by atomic mass is 9.78. The smallest absolute Gasteiger partial charge is 0.407 e. The van der Waals surface area contributed by atoms with Crippen LogP contribution in [0.4, 0.5) is 10.6 Å². The standard InChI is InChI=1S/C26H26N8O2/c1-31-15-21(14-29-31)19-10-22(24-20(11-27)13-30-34(24)16-19)18-2-3-23(28-12-18)32-7-4-26(5-8-32)6-9-33(17-26)25(35)36/h2-3,10,12-16H,4-9,17H2,1H3,(H,35,36). The van der Waals surface area contributed by atoms with Gasteiger partial charge < -0.3 is 14.9 Å². The van der Waals surface area contributed by atoms with E-state index in [1.807, 2.05) is 44.0 Å². The summed E-state index contributed by atoms with van der Waals surface area (Å²) >= 11 is 0. The summed E-state index contributed by atoms with van der Waals surface area (Å²) in [5.74, 6) is 0.912. The lowest BCUT2D eigenvalue weighted by Gasteiger charge is -2.39. The number of aromatic nitrogens is 5. The second kappa shape index (κ2) is 8.37. The number of rotatable bonds is 3. The summed E-state index contributed by atoms with van der Waals surface area (Å²) in [7, 11) is 1.88. The Morgan fingerprint density at radius 1 is 1.03 bits per heavy atom. The molecule has 0 bridgehead atoms. The molecule has 6 rings (SSSR count). The summed E-state index contributed by atoms with van der Waals surface area (Å²) < 4.78 is 3.50. The minimum atomic E-state index is -0.814. The van der Waals surface area contributed by atoms with Crippen LogP contribution in [0.3, 0.4) is 0 Å². The molecule has 4 aromatic heterocycles. The van der Waals surface area contributed by atoms with Gasteiger partial charge in [0.15, 0.2) is 0 Å². The summed E-state index contributed by atoms with van der Waals surface area (Å²) in [5.41, 5.74) is 5.09. The first-order valence-corrected chi connectivity index (χ1v) is 12.0. The van der Waals surface area contributed by atoms with Crippen LogP contribution in [-0.2, 0) is 7.05 Å². The lowest BCUT2D eigenvalue weighted by Crippen LogP contribution is -2.42. The highest BCUT2D eigenvalue weighted by atomic mass is 16.4. The van der Waals surface area contributed by atoms with Gasteiger partial charge >= 0.3 is 6.09 Å². The fourth-order valence-corrected chi connectivity index (χ4v) is 5.60. The molecule has 0 aromatic carbocycles. The number of carboxylic acid groups (broad SMARTS) is 1. The third-order valence-corrected chi connectivity index (χ3v) is 7.69. The number of hydrogen-bond acceptors (Lipinski definition) is 6. The molecule has 2 aliphatic rings. The first-order valence-electron chi connectivity index (χ1n) is 12.0. The van der Waals surface area contributed by atoms with Gasteiger partial charge in [0.2, 0.25) is 0 Å². The second-order valence-electron chi connectivity index (χ2n) is 9.85. The molecule has 182 valence electrons. The van der Waals surface area contributed by atoms with Gasteiger partial charge in [0.25, 0.3) is 0 Å². The van der Waals surface area contributed by atoms with E-state index in [1.54, 1.807) is 20.3 Å². The van der Waals surface area contributed by atoms with Gasteiger partial charge in [-0.1, -0.05) is 0 Å². The number of nitrogens with zero attached hydrogens (tertiary/aromatic N) is 8. The van der Waals surface area contributed by atoms with E-state index in [1.165, 1.54) is 0 Å². The van der Waals surface area contributed by atoms with E-state index in [2.05, 4.69) is 27.2 Å². The molecule has 2 fully saturated rings. The van der Waals surface area contributed by atoms with Crippen molar-refractivity contribution in [2.75, 3.05) is 31.1 Å². The Hall–Kier alpha value is -4.39. The van der Waals surface area contributed by atoms with Crippen LogP contribution in [0.5, 0.6) is 0 Å². The predicted octanol–water partition coefficient (Wildman–Crippen LogP) is 3.64. The Kier molecular flexibility index (Phi) is 5.14. The Labute approximate surface area is 208 Å². The molecular weight excluding hydrogens is 456 g/mol. The molecule has 1 spiro atoms. The molecule has 0 aliphatic carbocycles. The van der Waals surface area contributed by atoms with Crippen molar-refractivity contribution in [3.05, 3.63) is 54.7 Å². The lowest BCUT2D eigenvalue weighted by molar-refractivity contribution is 0.144. The number of fused-ring (bicyclic) bond motifs is 1. The van der Waals surface area contributed by atoms with Crippen LogP contribution < -0.4 is 4.90 Å². The number of pyridine rings is 2. The molecule has 0 atom stereocenters. The van der Waals surface area contributed by atoms with E-state index in [4.69, 9.17) is 4.98 Å². The summed E-state index contributed by atoms with van der Waals surface area (Å²) in [6.45, 7) is 3.00. The minimum absolute atomic E-state index is 0.100. The monoisotopic (exact) mass is 482 g/mol. The molecule has 36 heavy (non-hydrogen) atoms. The maximum absolute atomic E-state index is 11.3. The zero-order valence-electron chi connectivity index (χ0n) is 20.0. The molecule has 10 heteroatoms. The van der Waals surface area contributed by atoms with Gasteiger partial charge in [-0.25, -0.2) is 14.3 Å². The summed E-state index contributed by atoms with van der Waals surface area (Å²) in [6, 6.07) is 8.39. The van der Waals surface area contributed by atoms with Crippen molar-refractivity contribution in [1.29, 1.82) is 5.26 Å². The van der Waals surface area contributed by atoms with E-state index in [9.17, 15) is 15.2 Å². The third kappa shape index (κ3) is 3.73.